The zero-order valence-electron chi connectivity index (χ0n) is 22.0. The number of thiocarbonyl (C=S) groups is 1. The highest BCUT2D eigenvalue weighted by atomic mass is 32.1. The summed E-state index contributed by atoms with van der Waals surface area (Å²) >= 11 is 5.71. The third-order valence-corrected chi connectivity index (χ3v) is 7.17. The number of hydrogen-bond donors (Lipinski definition) is 3. The minimum absolute atomic E-state index is 0.175. The lowest BCUT2D eigenvalue weighted by Gasteiger charge is -2.26. The number of nitrogens with zero attached hydrogens (tertiary/aromatic N) is 2. The summed E-state index contributed by atoms with van der Waals surface area (Å²) in [5.74, 6) is 0.670. The van der Waals surface area contributed by atoms with Crippen molar-refractivity contribution in [2.75, 3.05) is 19.0 Å². The second kappa shape index (κ2) is 11.6. The molecule has 0 aliphatic carbocycles. The summed E-state index contributed by atoms with van der Waals surface area (Å²) in [4.78, 5) is 30.8. The number of benzene rings is 2. The number of ether oxygens (including phenoxy) is 1. The summed E-state index contributed by atoms with van der Waals surface area (Å²) in [7, 11) is 1.56. The first-order valence-electron chi connectivity index (χ1n) is 12.7. The quantitative estimate of drug-likeness (QED) is 0.234. The molecule has 0 bridgehead atoms. The van der Waals surface area contributed by atoms with Gasteiger partial charge in [-0.15, -0.1) is 0 Å². The molecule has 4 aromatic rings. The first kappa shape index (κ1) is 26.9. The van der Waals surface area contributed by atoms with E-state index in [-0.39, 0.29) is 30.0 Å². The summed E-state index contributed by atoms with van der Waals surface area (Å²) in [6, 6.07) is 20.9. The molecule has 2 aromatic heterocycles. The van der Waals surface area contributed by atoms with Crippen molar-refractivity contribution in [2.45, 2.75) is 25.4 Å². The molecule has 1 fully saturated rings. The first-order chi connectivity index (χ1) is 19.4. The summed E-state index contributed by atoms with van der Waals surface area (Å²) in [5.41, 5.74) is 3.18. The number of hydrogen-bond acceptors (Lipinski definition) is 6. The van der Waals surface area contributed by atoms with Gasteiger partial charge < -0.3 is 29.8 Å². The number of amides is 1. The highest BCUT2D eigenvalue weighted by molar-refractivity contribution is 7.80. The molecule has 0 unspecified atom stereocenters. The van der Waals surface area contributed by atoms with Crippen LogP contribution in [-0.4, -0.2) is 45.6 Å². The van der Waals surface area contributed by atoms with Crippen molar-refractivity contribution in [1.29, 1.82) is 0 Å². The van der Waals surface area contributed by atoms with Crippen LogP contribution in [0, 0.1) is 6.92 Å². The zero-order valence-corrected chi connectivity index (χ0v) is 22.8. The predicted octanol–water partition coefficient (Wildman–Crippen LogP) is 5.36. The van der Waals surface area contributed by atoms with Crippen molar-refractivity contribution in [3.05, 3.63) is 102 Å². The number of anilines is 1. The predicted molar refractivity (Wildman–Crippen MR) is 154 cm³/mol. The topological polar surface area (TPSA) is 117 Å². The number of carboxylic acids is 1. The number of carboxylic acid groups (broad SMARTS) is 1. The van der Waals surface area contributed by atoms with Crippen LogP contribution in [-0.2, 0) is 4.79 Å². The minimum Gasteiger partial charge on any atom is -0.495 e. The van der Waals surface area contributed by atoms with Crippen LogP contribution in [0.2, 0.25) is 0 Å². The molecular formula is C30H28N4O5S. The van der Waals surface area contributed by atoms with Gasteiger partial charge in [-0.25, -0.2) is 4.79 Å². The van der Waals surface area contributed by atoms with Gasteiger partial charge in [-0.2, -0.15) is 0 Å². The number of aromatic carboxylic acids is 1. The van der Waals surface area contributed by atoms with Crippen LogP contribution >= 0.6 is 12.2 Å². The molecule has 3 heterocycles. The van der Waals surface area contributed by atoms with Gasteiger partial charge in [0.2, 0.25) is 5.91 Å². The monoisotopic (exact) mass is 556 g/mol. The van der Waals surface area contributed by atoms with E-state index in [4.69, 9.17) is 21.4 Å². The van der Waals surface area contributed by atoms with Gasteiger partial charge in [-0.05, 0) is 73.2 Å². The highest BCUT2D eigenvalue weighted by Crippen LogP contribution is 2.41. The third kappa shape index (κ3) is 5.52. The lowest BCUT2D eigenvalue weighted by atomic mass is 10.0. The molecule has 2 atom stereocenters. The van der Waals surface area contributed by atoms with Crippen LogP contribution in [0.4, 0.5) is 5.69 Å². The number of aromatic nitrogens is 1. The SMILES string of the molecule is COc1ccccc1NC(=O)CCN1C(=S)N[C@@H](c2ccccn2)[C@@H]1c1ccc(-c2ccc(C(=O)O)cc2C)o1. The average molecular weight is 557 g/mol. The van der Waals surface area contributed by atoms with E-state index < -0.39 is 5.97 Å². The number of nitrogens with one attached hydrogen (secondary N) is 2. The van der Waals surface area contributed by atoms with Gasteiger partial charge in [-0.1, -0.05) is 24.3 Å². The van der Waals surface area contributed by atoms with Crippen LogP contribution in [0.1, 0.15) is 45.9 Å². The Morgan fingerprint density at radius 3 is 2.65 bits per heavy atom. The molecule has 1 saturated heterocycles. The Morgan fingerprint density at radius 1 is 1.12 bits per heavy atom. The molecule has 9 nitrogen and oxygen atoms in total. The smallest absolute Gasteiger partial charge is 0.335 e. The van der Waals surface area contributed by atoms with Crippen LogP contribution in [0.25, 0.3) is 11.3 Å². The Morgan fingerprint density at radius 2 is 1.93 bits per heavy atom. The molecule has 1 aliphatic rings. The fraction of sp³-hybridized carbons (Fsp3) is 0.200. The van der Waals surface area contributed by atoms with Crippen molar-refractivity contribution in [3.63, 3.8) is 0 Å². The highest BCUT2D eigenvalue weighted by Gasteiger charge is 2.41. The number of furan rings is 1. The molecule has 204 valence electrons. The van der Waals surface area contributed by atoms with Crippen molar-refractivity contribution in [1.82, 2.24) is 15.2 Å². The van der Waals surface area contributed by atoms with Gasteiger partial charge in [0, 0.05) is 24.7 Å². The van der Waals surface area contributed by atoms with E-state index in [1.165, 1.54) is 0 Å². The van der Waals surface area contributed by atoms with E-state index in [0.29, 0.717) is 34.6 Å². The Labute approximate surface area is 236 Å². The maximum Gasteiger partial charge on any atom is 0.335 e. The molecule has 10 heteroatoms. The molecule has 1 aliphatic heterocycles. The van der Waals surface area contributed by atoms with Crippen molar-refractivity contribution in [2.24, 2.45) is 0 Å². The Bertz CT molecular complexity index is 1550. The number of carbonyl (C=O) groups excluding carboxylic acids is 1. The first-order valence-corrected chi connectivity index (χ1v) is 13.1. The molecule has 0 saturated carbocycles. The Kier molecular flexibility index (Phi) is 7.79. The molecule has 2 aromatic carbocycles. The minimum atomic E-state index is -0.982. The summed E-state index contributed by atoms with van der Waals surface area (Å²) in [5, 5.41) is 16.1. The number of methoxy groups -OCH3 is 1. The molecule has 5 rings (SSSR count). The van der Waals surface area contributed by atoms with Crippen molar-refractivity contribution < 1.29 is 23.8 Å². The molecule has 1 amide bonds. The standard InChI is InChI=1S/C30H28N4O5S/c1-18-17-19(29(36)37)10-11-20(18)23-12-13-25(39-23)28-27(22-8-5-6-15-31-22)33-30(40)34(28)16-14-26(35)32-21-7-3-4-9-24(21)38-2/h3-13,15,17,27-28H,14,16H2,1-2H3,(H,32,35)(H,33,40)(H,36,37)/t27-,28-/m0/s1. The average Bonchev–Trinajstić information content (AvgIpc) is 3.56. The van der Waals surface area contributed by atoms with Crippen LogP contribution in [0.5, 0.6) is 5.75 Å². The van der Waals surface area contributed by atoms with E-state index in [1.807, 2.05) is 54.3 Å². The number of carbonyl (C=O) groups is 2. The Balaban J connectivity index is 1.41. The summed E-state index contributed by atoms with van der Waals surface area (Å²) < 4.78 is 11.7. The number of rotatable bonds is 9. The molecule has 0 spiro atoms. The normalized spacial score (nSPS) is 16.4. The number of para-hydroxylation sites is 2. The number of aryl methyl sites for hydroxylation is 1. The van der Waals surface area contributed by atoms with Crippen molar-refractivity contribution >= 4 is 34.9 Å². The molecule has 3 N–H and O–H groups in total. The Hall–Kier alpha value is -4.70. The van der Waals surface area contributed by atoms with Crippen LogP contribution < -0.4 is 15.4 Å². The van der Waals surface area contributed by atoms with E-state index in [9.17, 15) is 14.7 Å². The van der Waals surface area contributed by atoms with Gasteiger partial charge in [-0.3, -0.25) is 9.78 Å². The van der Waals surface area contributed by atoms with E-state index in [1.54, 1.807) is 43.6 Å². The van der Waals surface area contributed by atoms with Crippen LogP contribution in [0.15, 0.2) is 83.4 Å². The molecular weight excluding hydrogens is 528 g/mol. The lowest BCUT2D eigenvalue weighted by Crippen LogP contribution is -2.32. The fourth-order valence-electron chi connectivity index (χ4n) is 4.87. The zero-order chi connectivity index (χ0) is 28.2. The second-order valence-electron chi connectivity index (χ2n) is 9.36. The maximum absolute atomic E-state index is 12.9. The van der Waals surface area contributed by atoms with E-state index in [2.05, 4.69) is 15.6 Å². The second-order valence-corrected chi connectivity index (χ2v) is 9.74. The van der Waals surface area contributed by atoms with E-state index in [0.717, 1.165) is 16.8 Å². The summed E-state index contributed by atoms with van der Waals surface area (Å²) in [6.45, 7) is 2.18. The number of pyridine rings is 1. The maximum atomic E-state index is 12.9. The molecule has 0 radical (unpaired) electrons. The van der Waals surface area contributed by atoms with E-state index >= 15 is 0 Å². The molecule has 40 heavy (non-hydrogen) atoms. The largest absolute Gasteiger partial charge is 0.495 e. The van der Waals surface area contributed by atoms with Crippen LogP contribution in [0.3, 0.4) is 0 Å². The fourth-order valence-corrected chi connectivity index (χ4v) is 5.20. The lowest BCUT2D eigenvalue weighted by molar-refractivity contribution is -0.116. The summed E-state index contributed by atoms with van der Waals surface area (Å²) in [6.07, 6.45) is 1.90. The van der Waals surface area contributed by atoms with Gasteiger partial charge in [0.15, 0.2) is 5.11 Å². The van der Waals surface area contributed by atoms with Gasteiger partial charge in [0.25, 0.3) is 0 Å². The van der Waals surface area contributed by atoms with Gasteiger partial charge in [0.1, 0.15) is 23.3 Å². The van der Waals surface area contributed by atoms with Gasteiger partial charge >= 0.3 is 5.97 Å². The van der Waals surface area contributed by atoms with Gasteiger partial charge in [0.05, 0.1) is 30.1 Å². The third-order valence-electron chi connectivity index (χ3n) is 6.82. The van der Waals surface area contributed by atoms with Crippen molar-refractivity contribution in [3.8, 4) is 17.1 Å².